The van der Waals surface area contributed by atoms with Crippen LogP contribution in [0.3, 0.4) is 0 Å². The fourth-order valence-electron chi connectivity index (χ4n) is 2.73. The highest BCUT2D eigenvalue weighted by molar-refractivity contribution is 5.93. The summed E-state index contributed by atoms with van der Waals surface area (Å²) < 4.78 is 1.67. The lowest BCUT2D eigenvalue weighted by Crippen LogP contribution is -2.02. The first-order valence-corrected chi connectivity index (χ1v) is 8.06. The van der Waals surface area contributed by atoms with E-state index in [1.807, 2.05) is 60.8 Å². The Kier molecular flexibility index (Phi) is 4.10. The van der Waals surface area contributed by atoms with Crippen molar-refractivity contribution in [1.29, 1.82) is 0 Å². The monoisotopic (exact) mass is 331 g/mol. The van der Waals surface area contributed by atoms with E-state index in [1.54, 1.807) is 10.9 Å². The van der Waals surface area contributed by atoms with Crippen molar-refractivity contribution in [2.75, 3.05) is 11.9 Å². The predicted molar refractivity (Wildman–Crippen MR) is 97.6 cm³/mol. The number of nitrogens with one attached hydrogen (secondary N) is 1. The van der Waals surface area contributed by atoms with Gasteiger partial charge in [-0.05, 0) is 6.07 Å². The number of aliphatic hydroxyl groups excluding tert-OH is 1. The third-order valence-corrected chi connectivity index (χ3v) is 3.87. The average molecular weight is 331 g/mol. The lowest BCUT2D eigenvalue weighted by atomic mass is 10.1. The van der Waals surface area contributed by atoms with Crippen LogP contribution in [0.2, 0.25) is 0 Å². The zero-order valence-corrected chi connectivity index (χ0v) is 13.5. The molecule has 0 aliphatic rings. The molecule has 2 aromatic heterocycles. The Morgan fingerprint density at radius 3 is 2.60 bits per heavy atom. The zero-order chi connectivity index (χ0) is 17.1. The quantitative estimate of drug-likeness (QED) is 0.587. The highest BCUT2D eigenvalue weighted by atomic mass is 16.3. The van der Waals surface area contributed by atoms with Gasteiger partial charge in [0.2, 0.25) is 5.95 Å². The van der Waals surface area contributed by atoms with Gasteiger partial charge < -0.3 is 10.4 Å². The van der Waals surface area contributed by atoms with Crippen molar-refractivity contribution in [2.24, 2.45) is 0 Å². The topological polar surface area (TPSA) is 75.9 Å². The Labute approximate surface area is 144 Å². The first-order valence-electron chi connectivity index (χ1n) is 8.06. The van der Waals surface area contributed by atoms with Gasteiger partial charge in [0.15, 0.2) is 0 Å². The summed E-state index contributed by atoms with van der Waals surface area (Å²) in [6.07, 6.45) is 3.51. The van der Waals surface area contributed by atoms with Crippen molar-refractivity contribution in [3.05, 3.63) is 67.0 Å². The van der Waals surface area contributed by atoms with Gasteiger partial charge in [-0.2, -0.15) is 5.10 Å². The Morgan fingerprint density at radius 2 is 1.76 bits per heavy atom. The van der Waals surface area contributed by atoms with Crippen LogP contribution >= 0.6 is 0 Å². The fraction of sp³-hybridized carbons (Fsp3) is 0.105. The summed E-state index contributed by atoms with van der Waals surface area (Å²) in [4.78, 5) is 9.32. The molecule has 2 heterocycles. The zero-order valence-electron chi connectivity index (χ0n) is 13.5. The second kappa shape index (κ2) is 6.70. The number of aromatic nitrogens is 4. The molecule has 0 saturated carbocycles. The minimum atomic E-state index is 0.0474. The molecule has 0 unspecified atom stereocenters. The van der Waals surface area contributed by atoms with Gasteiger partial charge in [-0.1, -0.05) is 48.5 Å². The van der Waals surface area contributed by atoms with Gasteiger partial charge in [0.05, 0.1) is 36.2 Å². The Bertz CT molecular complexity index is 997. The summed E-state index contributed by atoms with van der Waals surface area (Å²) in [6, 6.07) is 18.0. The SMILES string of the molecule is OCCn1cc(Nc2nc(-c3ccccc3)c3ccccc3n2)cn1. The Balaban J connectivity index is 1.76. The van der Waals surface area contributed by atoms with E-state index in [0.717, 1.165) is 27.8 Å². The Morgan fingerprint density at radius 1 is 0.960 bits per heavy atom. The standard InChI is InChI=1S/C19H17N5O/c25-11-10-24-13-15(12-20-24)21-19-22-17-9-5-4-8-16(17)18(23-19)14-6-2-1-3-7-14/h1-9,12-13,25H,10-11H2,(H,21,22,23). The number of hydrogen-bond acceptors (Lipinski definition) is 5. The third kappa shape index (κ3) is 3.20. The molecule has 6 nitrogen and oxygen atoms in total. The molecule has 0 atom stereocenters. The molecule has 0 saturated heterocycles. The number of fused-ring (bicyclic) bond motifs is 1. The molecule has 0 bridgehead atoms. The summed E-state index contributed by atoms with van der Waals surface area (Å²) in [7, 11) is 0. The molecule has 2 N–H and O–H groups in total. The summed E-state index contributed by atoms with van der Waals surface area (Å²) >= 11 is 0. The summed E-state index contributed by atoms with van der Waals surface area (Å²) in [5, 5.41) is 17.4. The highest BCUT2D eigenvalue weighted by Gasteiger charge is 2.10. The molecule has 0 spiro atoms. The molecule has 0 aliphatic heterocycles. The minimum Gasteiger partial charge on any atom is -0.394 e. The number of nitrogens with zero attached hydrogens (tertiary/aromatic N) is 4. The molecule has 124 valence electrons. The average Bonchev–Trinajstić information content (AvgIpc) is 3.09. The smallest absolute Gasteiger partial charge is 0.228 e. The molecule has 0 aliphatic carbocycles. The Hall–Kier alpha value is -3.25. The fourth-order valence-corrected chi connectivity index (χ4v) is 2.73. The van der Waals surface area contributed by atoms with E-state index in [-0.39, 0.29) is 6.61 Å². The van der Waals surface area contributed by atoms with Crippen molar-refractivity contribution < 1.29 is 5.11 Å². The number of aliphatic hydroxyl groups is 1. The van der Waals surface area contributed by atoms with Crippen molar-refractivity contribution in [2.45, 2.75) is 6.54 Å². The maximum atomic E-state index is 8.99. The lowest BCUT2D eigenvalue weighted by Gasteiger charge is -2.09. The van der Waals surface area contributed by atoms with Crippen LogP contribution in [0.4, 0.5) is 11.6 Å². The van der Waals surface area contributed by atoms with E-state index in [0.29, 0.717) is 12.5 Å². The van der Waals surface area contributed by atoms with Crippen molar-refractivity contribution >= 4 is 22.5 Å². The van der Waals surface area contributed by atoms with Crippen LogP contribution in [-0.2, 0) is 6.54 Å². The van der Waals surface area contributed by atoms with Gasteiger partial charge >= 0.3 is 0 Å². The highest BCUT2D eigenvalue weighted by Crippen LogP contribution is 2.27. The van der Waals surface area contributed by atoms with Crippen molar-refractivity contribution in [3.8, 4) is 11.3 Å². The second-order valence-electron chi connectivity index (χ2n) is 5.62. The van der Waals surface area contributed by atoms with Gasteiger partial charge in [-0.15, -0.1) is 0 Å². The van der Waals surface area contributed by atoms with Crippen LogP contribution in [0.15, 0.2) is 67.0 Å². The van der Waals surface area contributed by atoms with Gasteiger partial charge in [-0.25, -0.2) is 9.97 Å². The molecule has 25 heavy (non-hydrogen) atoms. The molecule has 0 fully saturated rings. The number of rotatable bonds is 5. The molecule has 4 aromatic rings. The molecule has 6 heteroatoms. The molecule has 0 amide bonds. The van der Waals surface area contributed by atoms with Crippen LogP contribution in [0.25, 0.3) is 22.2 Å². The summed E-state index contributed by atoms with van der Waals surface area (Å²) in [5.74, 6) is 0.515. The molecule has 4 rings (SSSR count). The van der Waals surface area contributed by atoms with Gasteiger partial charge in [0, 0.05) is 17.1 Å². The van der Waals surface area contributed by atoms with Crippen LogP contribution in [0, 0.1) is 0 Å². The number of anilines is 2. The van der Waals surface area contributed by atoms with Crippen molar-refractivity contribution in [3.63, 3.8) is 0 Å². The van der Waals surface area contributed by atoms with E-state index < -0.39 is 0 Å². The lowest BCUT2D eigenvalue weighted by molar-refractivity contribution is 0.269. The number of hydrogen-bond donors (Lipinski definition) is 2. The van der Waals surface area contributed by atoms with E-state index >= 15 is 0 Å². The van der Waals surface area contributed by atoms with E-state index in [4.69, 9.17) is 10.1 Å². The maximum absolute atomic E-state index is 8.99. The third-order valence-electron chi connectivity index (χ3n) is 3.87. The first-order chi connectivity index (χ1) is 12.3. The van der Waals surface area contributed by atoms with Crippen LogP contribution in [0.5, 0.6) is 0 Å². The molecular weight excluding hydrogens is 314 g/mol. The van der Waals surface area contributed by atoms with Crippen molar-refractivity contribution in [1.82, 2.24) is 19.7 Å². The van der Waals surface area contributed by atoms with E-state index in [2.05, 4.69) is 15.4 Å². The molecule has 2 aromatic carbocycles. The number of para-hydroxylation sites is 1. The predicted octanol–water partition coefficient (Wildman–Crippen LogP) is 3.23. The molecular formula is C19H17N5O. The second-order valence-corrected chi connectivity index (χ2v) is 5.62. The van der Waals surface area contributed by atoms with Gasteiger partial charge in [-0.3, -0.25) is 4.68 Å². The first kappa shape index (κ1) is 15.3. The van der Waals surface area contributed by atoms with Gasteiger partial charge in [0.25, 0.3) is 0 Å². The number of benzene rings is 2. The normalized spacial score (nSPS) is 10.9. The minimum absolute atomic E-state index is 0.0474. The van der Waals surface area contributed by atoms with Crippen LogP contribution < -0.4 is 5.32 Å². The maximum Gasteiger partial charge on any atom is 0.228 e. The van der Waals surface area contributed by atoms with E-state index in [1.165, 1.54) is 0 Å². The van der Waals surface area contributed by atoms with Crippen LogP contribution in [-0.4, -0.2) is 31.5 Å². The largest absolute Gasteiger partial charge is 0.394 e. The van der Waals surface area contributed by atoms with Crippen LogP contribution in [0.1, 0.15) is 0 Å². The molecule has 0 radical (unpaired) electrons. The van der Waals surface area contributed by atoms with E-state index in [9.17, 15) is 0 Å². The summed E-state index contributed by atoms with van der Waals surface area (Å²) in [5.41, 5.74) is 3.58. The van der Waals surface area contributed by atoms with Gasteiger partial charge in [0.1, 0.15) is 0 Å². The summed E-state index contributed by atoms with van der Waals surface area (Å²) in [6.45, 7) is 0.501.